The van der Waals surface area contributed by atoms with Crippen molar-refractivity contribution in [3.05, 3.63) is 95.1 Å². The van der Waals surface area contributed by atoms with Crippen LogP contribution in [-0.4, -0.2) is 43.6 Å². The second kappa shape index (κ2) is 12.2. The van der Waals surface area contributed by atoms with Crippen molar-refractivity contribution in [1.82, 2.24) is 4.31 Å². The minimum atomic E-state index is -3.96. The van der Waals surface area contributed by atoms with E-state index in [2.05, 4.69) is 38.1 Å². The Bertz CT molecular complexity index is 1330. The number of hydrogen-bond donors (Lipinski definition) is 1. The van der Waals surface area contributed by atoms with Gasteiger partial charge in [0.2, 0.25) is 10.0 Å². The molecule has 1 N–H and O–H groups in total. The molecule has 0 bridgehead atoms. The maximum Gasteiger partial charge on any atom is 0.244 e. The number of hydrogen-bond acceptors (Lipinski definition) is 4. The lowest BCUT2D eigenvalue weighted by Crippen LogP contribution is -2.58. The van der Waals surface area contributed by atoms with Crippen molar-refractivity contribution in [3.8, 4) is 0 Å². The van der Waals surface area contributed by atoms with E-state index in [1.807, 2.05) is 68.4 Å². The molecule has 0 unspecified atom stereocenters. The lowest BCUT2D eigenvalue weighted by atomic mass is 9.72. The number of unbranched alkanes of at least 4 members (excludes halogenated alkanes) is 2. The van der Waals surface area contributed by atoms with Crippen LogP contribution in [0.3, 0.4) is 0 Å². The van der Waals surface area contributed by atoms with Crippen LogP contribution in [0.5, 0.6) is 0 Å². The molecule has 0 radical (unpaired) electrons. The lowest BCUT2D eigenvalue weighted by molar-refractivity contribution is -0.0152. The number of fused-ring (bicyclic) bond motifs is 1. The average Bonchev–Trinajstić information content (AvgIpc) is 2.98. The van der Waals surface area contributed by atoms with Gasteiger partial charge in [0.25, 0.3) is 0 Å². The topological polar surface area (TPSA) is 60.9 Å². The molecule has 0 amide bonds. The summed E-state index contributed by atoms with van der Waals surface area (Å²) in [6.45, 7) is 6.53. The van der Waals surface area contributed by atoms with E-state index in [-0.39, 0.29) is 6.54 Å². The standard InChI is InChI=1S/C33H44N2O3S/c1-6-8-21-33(22-9-7-2)32(36)31(27-17-15-25(3)16-18-27)29-23-28(34(4)5)19-20-30(29)39(37,38)35(33)24-26-13-11-10-12-14-26/h10-20,23,31-32,36H,6-9,21-22,24H2,1-5H3/t31-,32-/m1/s1. The van der Waals surface area contributed by atoms with Gasteiger partial charge in [-0.05, 0) is 54.7 Å². The van der Waals surface area contributed by atoms with Crippen molar-refractivity contribution < 1.29 is 13.5 Å². The van der Waals surface area contributed by atoms with Crippen molar-refractivity contribution in [1.29, 1.82) is 0 Å². The van der Waals surface area contributed by atoms with Crippen LogP contribution in [0.2, 0.25) is 0 Å². The van der Waals surface area contributed by atoms with E-state index in [1.54, 1.807) is 10.4 Å². The van der Waals surface area contributed by atoms with Gasteiger partial charge in [0.05, 0.1) is 16.5 Å². The molecule has 0 spiro atoms. The van der Waals surface area contributed by atoms with Gasteiger partial charge in [-0.1, -0.05) is 99.7 Å². The molecule has 0 fully saturated rings. The molecule has 2 atom stereocenters. The van der Waals surface area contributed by atoms with Crippen LogP contribution in [-0.2, 0) is 16.6 Å². The molecule has 6 heteroatoms. The van der Waals surface area contributed by atoms with Gasteiger partial charge >= 0.3 is 0 Å². The number of aryl methyl sites for hydroxylation is 1. The maximum absolute atomic E-state index is 14.8. The molecule has 3 aromatic carbocycles. The maximum atomic E-state index is 14.8. The van der Waals surface area contributed by atoms with Crippen LogP contribution >= 0.6 is 0 Å². The predicted molar refractivity (Wildman–Crippen MR) is 161 cm³/mol. The molecule has 0 aliphatic carbocycles. The summed E-state index contributed by atoms with van der Waals surface area (Å²) >= 11 is 0. The van der Waals surface area contributed by atoms with E-state index in [9.17, 15) is 13.5 Å². The summed E-state index contributed by atoms with van der Waals surface area (Å²) in [7, 11) is -0.0414. The zero-order chi connectivity index (χ0) is 28.2. The molecule has 0 aromatic heterocycles. The summed E-state index contributed by atoms with van der Waals surface area (Å²) in [5.41, 5.74) is 3.63. The van der Waals surface area contributed by atoms with Crippen LogP contribution in [0, 0.1) is 6.92 Å². The van der Waals surface area contributed by atoms with Gasteiger partial charge in [-0.3, -0.25) is 0 Å². The van der Waals surface area contributed by atoms with E-state index in [1.165, 1.54) is 0 Å². The quantitative estimate of drug-likeness (QED) is 0.300. The molecule has 0 saturated heterocycles. The number of aliphatic hydroxyl groups excluding tert-OH is 1. The van der Waals surface area contributed by atoms with E-state index >= 15 is 0 Å². The number of nitrogens with zero attached hydrogens (tertiary/aromatic N) is 2. The van der Waals surface area contributed by atoms with Crippen molar-refractivity contribution >= 4 is 15.7 Å². The Labute approximate surface area is 235 Å². The second-order valence-electron chi connectivity index (χ2n) is 11.3. The number of anilines is 1. The van der Waals surface area contributed by atoms with Crippen LogP contribution in [0.15, 0.2) is 77.7 Å². The van der Waals surface area contributed by atoms with Crippen LogP contribution in [0.25, 0.3) is 0 Å². The van der Waals surface area contributed by atoms with E-state index < -0.39 is 27.6 Å². The first-order valence-corrected chi connectivity index (χ1v) is 15.7. The van der Waals surface area contributed by atoms with Crippen LogP contribution < -0.4 is 4.90 Å². The van der Waals surface area contributed by atoms with Gasteiger partial charge < -0.3 is 10.0 Å². The second-order valence-corrected chi connectivity index (χ2v) is 13.1. The van der Waals surface area contributed by atoms with E-state index in [4.69, 9.17) is 0 Å². The average molecular weight is 549 g/mol. The van der Waals surface area contributed by atoms with E-state index in [0.29, 0.717) is 23.3 Å². The third-order valence-corrected chi connectivity index (χ3v) is 10.3. The molecule has 0 saturated carbocycles. The summed E-state index contributed by atoms with van der Waals surface area (Å²) in [5.74, 6) is -0.482. The first kappa shape index (κ1) is 29.3. The smallest absolute Gasteiger partial charge is 0.244 e. The first-order valence-electron chi connectivity index (χ1n) is 14.3. The Balaban J connectivity index is 2.06. The van der Waals surface area contributed by atoms with Crippen molar-refractivity contribution in [3.63, 3.8) is 0 Å². The fraction of sp³-hybridized carbons (Fsp3) is 0.455. The highest BCUT2D eigenvalue weighted by atomic mass is 32.2. The van der Waals surface area contributed by atoms with Crippen molar-refractivity contribution in [2.45, 2.75) is 88.3 Å². The number of benzene rings is 3. The van der Waals surface area contributed by atoms with Gasteiger partial charge in [-0.25, -0.2) is 8.42 Å². The van der Waals surface area contributed by atoms with Gasteiger partial charge in [0.15, 0.2) is 0 Å². The molecule has 1 aliphatic heterocycles. The van der Waals surface area contributed by atoms with Crippen molar-refractivity contribution in [2.75, 3.05) is 19.0 Å². The summed E-state index contributed by atoms with van der Waals surface area (Å²) in [6.07, 6.45) is 3.81. The SMILES string of the molecule is CCCCC1(CCCC)[C@H](O)[C@H](c2ccc(C)cc2)c2cc(N(C)C)ccc2S(=O)(=O)N1Cc1ccccc1. The molecule has 4 rings (SSSR count). The molecule has 3 aromatic rings. The van der Waals surface area contributed by atoms with E-state index in [0.717, 1.165) is 48.1 Å². The fourth-order valence-corrected chi connectivity index (χ4v) is 8.09. The summed E-state index contributed by atoms with van der Waals surface area (Å²) in [4.78, 5) is 2.28. The highest BCUT2D eigenvalue weighted by Gasteiger charge is 2.54. The third kappa shape index (κ3) is 5.79. The molecule has 39 heavy (non-hydrogen) atoms. The Hall–Kier alpha value is -2.67. The Morgan fingerprint density at radius 3 is 2.08 bits per heavy atom. The minimum Gasteiger partial charge on any atom is -0.390 e. The highest BCUT2D eigenvalue weighted by Crippen LogP contribution is 2.49. The molecule has 5 nitrogen and oxygen atoms in total. The Morgan fingerprint density at radius 1 is 0.897 bits per heavy atom. The normalized spacial score (nSPS) is 20.3. The summed E-state index contributed by atoms with van der Waals surface area (Å²) in [5, 5.41) is 12.7. The van der Waals surface area contributed by atoms with Gasteiger partial charge in [-0.2, -0.15) is 4.31 Å². The number of aliphatic hydroxyl groups is 1. The minimum absolute atomic E-state index is 0.225. The third-order valence-electron chi connectivity index (χ3n) is 8.31. The Morgan fingerprint density at radius 2 is 1.51 bits per heavy atom. The number of rotatable bonds is 10. The molecule has 1 heterocycles. The van der Waals surface area contributed by atoms with Gasteiger partial charge in [0.1, 0.15) is 0 Å². The fourth-order valence-electron chi connectivity index (χ4n) is 6.04. The molecular weight excluding hydrogens is 504 g/mol. The largest absolute Gasteiger partial charge is 0.390 e. The summed E-state index contributed by atoms with van der Waals surface area (Å²) in [6, 6.07) is 23.6. The van der Waals surface area contributed by atoms with Crippen LogP contribution in [0.4, 0.5) is 5.69 Å². The van der Waals surface area contributed by atoms with Gasteiger partial charge in [0, 0.05) is 32.2 Å². The number of sulfonamides is 1. The van der Waals surface area contributed by atoms with Gasteiger partial charge in [-0.15, -0.1) is 0 Å². The first-order chi connectivity index (χ1) is 18.7. The van der Waals surface area contributed by atoms with Crippen molar-refractivity contribution in [2.24, 2.45) is 0 Å². The molecule has 1 aliphatic rings. The Kier molecular flexibility index (Phi) is 9.20. The monoisotopic (exact) mass is 548 g/mol. The highest BCUT2D eigenvalue weighted by molar-refractivity contribution is 7.89. The molecule has 210 valence electrons. The summed E-state index contributed by atoms with van der Waals surface area (Å²) < 4.78 is 31.3. The zero-order valence-electron chi connectivity index (χ0n) is 24.1. The lowest BCUT2D eigenvalue weighted by Gasteiger charge is -2.47. The zero-order valence-corrected chi connectivity index (χ0v) is 24.9. The van der Waals surface area contributed by atoms with Crippen LogP contribution in [0.1, 0.15) is 80.5 Å². The molecular formula is C33H44N2O3S. The predicted octanol–water partition coefficient (Wildman–Crippen LogP) is 6.88.